The molecular weight excluding hydrogens is 419 g/mol. The minimum absolute atomic E-state index is 0.0633. The maximum Gasteiger partial charge on any atom is 0.127 e. The average molecular weight is 465 g/mol. The summed E-state index contributed by atoms with van der Waals surface area (Å²) in [6, 6.07) is 14.6. The van der Waals surface area contributed by atoms with Crippen molar-refractivity contribution in [2.75, 3.05) is 39.3 Å². The van der Waals surface area contributed by atoms with Crippen molar-refractivity contribution in [3.05, 3.63) is 59.4 Å². The van der Waals surface area contributed by atoms with Gasteiger partial charge in [-0.25, -0.2) is 4.39 Å². The van der Waals surface area contributed by atoms with E-state index in [4.69, 9.17) is 0 Å². The number of hydrogen-bond acceptors (Lipinski definition) is 2. The highest BCUT2D eigenvalue weighted by Gasteiger charge is 2.23. The van der Waals surface area contributed by atoms with Crippen LogP contribution in [0.1, 0.15) is 64.5 Å². The highest BCUT2D eigenvalue weighted by atomic mass is 19.1. The predicted octanol–water partition coefficient (Wildman–Crippen LogP) is 7.07. The van der Waals surface area contributed by atoms with Gasteiger partial charge in [0.15, 0.2) is 0 Å². The van der Waals surface area contributed by atoms with E-state index in [0.29, 0.717) is 5.41 Å². The number of hydrogen-bond donors (Lipinski definition) is 0. The van der Waals surface area contributed by atoms with Crippen molar-refractivity contribution in [3.8, 4) is 11.1 Å². The molecule has 2 saturated heterocycles. The molecule has 2 aromatic rings. The van der Waals surface area contributed by atoms with Crippen molar-refractivity contribution in [1.82, 2.24) is 9.80 Å². The van der Waals surface area contributed by atoms with E-state index in [2.05, 4.69) is 67.8 Å². The van der Waals surface area contributed by atoms with Crippen LogP contribution in [0, 0.1) is 23.1 Å². The first kappa shape index (κ1) is 25.4. The van der Waals surface area contributed by atoms with Crippen LogP contribution in [0.2, 0.25) is 0 Å². The lowest BCUT2D eigenvalue weighted by atomic mass is 9.88. The number of aryl methyl sites for hydroxylation is 1. The van der Waals surface area contributed by atoms with Gasteiger partial charge in [-0.15, -0.1) is 0 Å². The first-order chi connectivity index (χ1) is 16.2. The molecule has 2 aromatic carbocycles. The molecule has 2 nitrogen and oxygen atoms in total. The summed E-state index contributed by atoms with van der Waals surface area (Å²) in [5.41, 5.74) is 4.72. The molecule has 0 saturated carbocycles. The van der Waals surface area contributed by atoms with Crippen LogP contribution in [0.3, 0.4) is 0 Å². The summed E-state index contributed by atoms with van der Waals surface area (Å²) in [6.07, 6.45) is 7.16. The Hall–Kier alpha value is -1.71. The number of benzene rings is 2. The van der Waals surface area contributed by atoms with Crippen molar-refractivity contribution in [2.24, 2.45) is 17.3 Å². The van der Waals surface area contributed by atoms with E-state index in [-0.39, 0.29) is 5.82 Å². The molecule has 186 valence electrons. The van der Waals surface area contributed by atoms with E-state index in [0.717, 1.165) is 61.0 Å². The monoisotopic (exact) mass is 464 g/mol. The Morgan fingerprint density at radius 2 is 1.53 bits per heavy atom. The van der Waals surface area contributed by atoms with E-state index < -0.39 is 0 Å². The van der Waals surface area contributed by atoms with Crippen molar-refractivity contribution in [3.63, 3.8) is 0 Å². The van der Waals surface area contributed by atoms with Gasteiger partial charge in [0.1, 0.15) is 5.82 Å². The maximum atomic E-state index is 14.8. The van der Waals surface area contributed by atoms with Crippen LogP contribution < -0.4 is 0 Å². The Kier molecular flexibility index (Phi) is 8.47. The molecule has 2 aliphatic rings. The summed E-state index contributed by atoms with van der Waals surface area (Å²) in [7, 11) is 0. The molecule has 0 amide bonds. The molecule has 0 bridgehead atoms. The molecule has 1 unspecified atom stereocenters. The highest BCUT2D eigenvalue weighted by Crippen LogP contribution is 2.27. The first-order valence-corrected chi connectivity index (χ1v) is 13.6. The molecule has 0 N–H and O–H groups in total. The summed E-state index contributed by atoms with van der Waals surface area (Å²) in [5.74, 6) is 1.56. The lowest BCUT2D eigenvalue weighted by Crippen LogP contribution is -2.39. The Balaban J connectivity index is 1.24. The maximum absolute atomic E-state index is 14.8. The number of rotatable bonds is 8. The molecule has 0 aliphatic carbocycles. The fourth-order valence-electron chi connectivity index (χ4n) is 5.78. The van der Waals surface area contributed by atoms with Gasteiger partial charge in [-0.3, -0.25) is 0 Å². The van der Waals surface area contributed by atoms with Crippen LogP contribution in [0.4, 0.5) is 4.39 Å². The van der Waals surface area contributed by atoms with Crippen LogP contribution >= 0.6 is 0 Å². The van der Waals surface area contributed by atoms with Gasteiger partial charge in [-0.05, 0) is 104 Å². The fourth-order valence-corrected chi connectivity index (χ4v) is 5.78. The number of halogens is 1. The zero-order chi connectivity index (χ0) is 24.1. The van der Waals surface area contributed by atoms with Crippen molar-refractivity contribution in [1.29, 1.82) is 0 Å². The Labute approximate surface area is 207 Å². The molecule has 0 aromatic heterocycles. The smallest absolute Gasteiger partial charge is 0.127 e. The van der Waals surface area contributed by atoms with E-state index in [1.165, 1.54) is 50.9 Å². The standard InChI is InChI=1S/C31H45FN2/c1-24-13-17-33(22-24)20-16-28-11-12-29(21-30(28)32)27-9-7-25(8-10-27)5-6-26-14-18-34(19-15-26)23-31(2,3)4/h7-12,21,24,26H,5-6,13-20,22-23H2,1-4H3. The third kappa shape index (κ3) is 7.39. The van der Waals surface area contributed by atoms with Gasteiger partial charge in [0.25, 0.3) is 0 Å². The second-order valence-electron chi connectivity index (χ2n) is 12.3. The van der Waals surface area contributed by atoms with E-state index in [1.807, 2.05) is 6.07 Å². The second kappa shape index (κ2) is 11.4. The minimum Gasteiger partial charge on any atom is -0.303 e. The van der Waals surface area contributed by atoms with Crippen molar-refractivity contribution >= 4 is 0 Å². The van der Waals surface area contributed by atoms with Crippen LogP contribution in [0.25, 0.3) is 11.1 Å². The van der Waals surface area contributed by atoms with Crippen LogP contribution in [0.5, 0.6) is 0 Å². The average Bonchev–Trinajstić information content (AvgIpc) is 3.22. The van der Waals surface area contributed by atoms with Crippen LogP contribution in [-0.2, 0) is 12.8 Å². The Bertz CT molecular complexity index is 906. The quantitative estimate of drug-likeness (QED) is 0.412. The molecule has 4 rings (SSSR count). The van der Waals surface area contributed by atoms with Gasteiger partial charge in [-0.2, -0.15) is 0 Å². The van der Waals surface area contributed by atoms with E-state index >= 15 is 0 Å². The van der Waals surface area contributed by atoms with Gasteiger partial charge in [0.05, 0.1) is 0 Å². The SMILES string of the molecule is CC1CCN(CCc2ccc(-c3ccc(CCC4CCN(CC(C)(C)C)CC4)cc3)cc2F)C1. The van der Waals surface area contributed by atoms with E-state index in [1.54, 1.807) is 6.07 Å². The van der Waals surface area contributed by atoms with E-state index in [9.17, 15) is 4.39 Å². The van der Waals surface area contributed by atoms with Gasteiger partial charge < -0.3 is 9.80 Å². The number of piperidine rings is 1. The predicted molar refractivity (Wildman–Crippen MR) is 143 cm³/mol. The number of likely N-dealkylation sites (tertiary alicyclic amines) is 2. The minimum atomic E-state index is -0.0633. The molecule has 2 heterocycles. The third-order valence-corrected chi connectivity index (χ3v) is 7.79. The summed E-state index contributed by atoms with van der Waals surface area (Å²) >= 11 is 0. The normalized spacial score (nSPS) is 20.8. The first-order valence-electron chi connectivity index (χ1n) is 13.6. The Morgan fingerprint density at radius 1 is 0.853 bits per heavy atom. The summed E-state index contributed by atoms with van der Waals surface area (Å²) in [6.45, 7) is 16.3. The third-order valence-electron chi connectivity index (χ3n) is 7.79. The van der Waals surface area contributed by atoms with Crippen molar-refractivity contribution in [2.45, 2.75) is 66.2 Å². The molecule has 3 heteroatoms. The largest absolute Gasteiger partial charge is 0.303 e. The fraction of sp³-hybridized carbons (Fsp3) is 0.613. The van der Waals surface area contributed by atoms with Gasteiger partial charge in [0, 0.05) is 19.6 Å². The summed E-state index contributed by atoms with van der Waals surface area (Å²) < 4.78 is 14.8. The van der Waals surface area contributed by atoms with Gasteiger partial charge >= 0.3 is 0 Å². The molecular formula is C31H45FN2. The zero-order valence-electron chi connectivity index (χ0n) is 22.0. The topological polar surface area (TPSA) is 6.48 Å². The summed E-state index contributed by atoms with van der Waals surface area (Å²) in [5, 5.41) is 0. The molecule has 0 radical (unpaired) electrons. The zero-order valence-corrected chi connectivity index (χ0v) is 22.0. The van der Waals surface area contributed by atoms with Crippen molar-refractivity contribution < 1.29 is 4.39 Å². The summed E-state index contributed by atoms with van der Waals surface area (Å²) in [4.78, 5) is 5.11. The molecule has 34 heavy (non-hydrogen) atoms. The molecule has 0 spiro atoms. The Morgan fingerprint density at radius 3 is 2.15 bits per heavy atom. The van der Waals surface area contributed by atoms with Gasteiger partial charge in [-0.1, -0.05) is 64.1 Å². The number of nitrogens with zero attached hydrogens (tertiary/aromatic N) is 2. The van der Waals surface area contributed by atoms with Gasteiger partial charge in [0.2, 0.25) is 0 Å². The van der Waals surface area contributed by atoms with Crippen LogP contribution in [-0.4, -0.2) is 49.1 Å². The van der Waals surface area contributed by atoms with Crippen LogP contribution in [0.15, 0.2) is 42.5 Å². The lowest BCUT2D eigenvalue weighted by molar-refractivity contribution is 0.133. The second-order valence-corrected chi connectivity index (χ2v) is 12.3. The molecule has 1 atom stereocenters. The lowest BCUT2D eigenvalue weighted by Gasteiger charge is -2.36. The highest BCUT2D eigenvalue weighted by molar-refractivity contribution is 5.64. The molecule has 2 aliphatic heterocycles. The molecule has 2 fully saturated rings.